The van der Waals surface area contributed by atoms with Crippen molar-refractivity contribution < 1.29 is 23.5 Å². The summed E-state index contributed by atoms with van der Waals surface area (Å²) in [5.41, 5.74) is 1.05. The minimum absolute atomic E-state index is 0.0801. The molecule has 1 N–H and O–H groups in total. The fourth-order valence-electron chi connectivity index (χ4n) is 2.09. The molecule has 0 unspecified atom stereocenters. The van der Waals surface area contributed by atoms with Crippen molar-refractivity contribution in [2.45, 2.75) is 6.54 Å². The van der Waals surface area contributed by atoms with Crippen molar-refractivity contribution in [2.75, 3.05) is 19.5 Å². The second-order valence-corrected chi connectivity index (χ2v) is 5.24. The van der Waals surface area contributed by atoms with E-state index >= 15 is 0 Å². The van der Waals surface area contributed by atoms with Gasteiger partial charge in [0.25, 0.3) is 0 Å². The minimum atomic E-state index is -0.604. The van der Waals surface area contributed by atoms with Gasteiger partial charge in [0.15, 0.2) is 0 Å². The van der Waals surface area contributed by atoms with Crippen LogP contribution in [0.4, 0.5) is 10.1 Å². The van der Waals surface area contributed by atoms with E-state index in [1.54, 1.807) is 6.07 Å². The third-order valence-corrected chi connectivity index (χ3v) is 3.66. The van der Waals surface area contributed by atoms with E-state index in [1.807, 2.05) is 0 Å². The standard InChI is InChI=1S/C17H15ClFNO4/c1-23-16(21)10-6-11(17(22)24-2)8-12(7-10)20-9-13-14(18)4-3-5-15(13)19/h3-8,20H,9H2,1-2H3. The first kappa shape index (κ1) is 17.7. The first-order chi connectivity index (χ1) is 11.5. The van der Waals surface area contributed by atoms with Gasteiger partial charge >= 0.3 is 11.9 Å². The van der Waals surface area contributed by atoms with Crippen molar-refractivity contribution in [1.82, 2.24) is 0 Å². The molecule has 0 aliphatic heterocycles. The molecule has 0 aliphatic carbocycles. The van der Waals surface area contributed by atoms with Gasteiger partial charge in [0.1, 0.15) is 5.82 Å². The van der Waals surface area contributed by atoms with Gasteiger partial charge in [0, 0.05) is 22.8 Å². The molecule has 0 saturated heterocycles. The van der Waals surface area contributed by atoms with Crippen molar-refractivity contribution in [3.05, 3.63) is 63.9 Å². The molecule has 0 fully saturated rings. The molecule has 2 aromatic rings. The summed E-state index contributed by atoms with van der Waals surface area (Å²) in [6, 6.07) is 8.73. The highest BCUT2D eigenvalue weighted by molar-refractivity contribution is 6.31. The highest BCUT2D eigenvalue weighted by Gasteiger charge is 2.14. The number of methoxy groups -OCH3 is 2. The van der Waals surface area contributed by atoms with E-state index in [2.05, 4.69) is 14.8 Å². The highest BCUT2D eigenvalue weighted by atomic mass is 35.5. The van der Waals surface area contributed by atoms with E-state index in [9.17, 15) is 14.0 Å². The van der Waals surface area contributed by atoms with Gasteiger partial charge in [-0.1, -0.05) is 17.7 Å². The number of esters is 2. The summed E-state index contributed by atoms with van der Waals surface area (Å²) in [5, 5.41) is 3.22. The zero-order valence-corrected chi connectivity index (χ0v) is 13.8. The minimum Gasteiger partial charge on any atom is -0.465 e. The normalized spacial score (nSPS) is 10.2. The van der Waals surface area contributed by atoms with E-state index in [4.69, 9.17) is 11.6 Å². The fraction of sp³-hybridized carbons (Fsp3) is 0.176. The van der Waals surface area contributed by atoms with Crippen LogP contribution in [0.5, 0.6) is 0 Å². The Labute approximate surface area is 143 Å². The maximum Gasteiger partial charge on any atom is 0.337 e. The Morgan fingerprint density at radius 1 is 1.08 bits per heavy atom. The zero-order valence-electron chi connectivity index (χ0n) is 13.1. The predicted octanol–water partition coefficient (Wildman–Crippen LogP) is 3.66. The molecular formula is C17H15ClFNO4. The maximum atomic E-state index is 13.8. The summed E-state index contributed by atoms with van der Waals surface area (Å²) >= 11 is 5.98. The third-order valence-electron chi connectivity index (χ3n) is 3.31. The van der Waals surface area contributed by atoms with E-state index in [0.717, 1.165) is 0 Å². The summed E-state index contributed by atoms with van der Waals surface area (Å²) in [4.78, 5) is 23.5. The van der Waals surface area contributed by atoms with Gasteiger partial charge in [-0.25, -0.2) is 14.0 Å². The average Bonchev–Trinajstić information content (AvgIpc) is 2.59. The Morgan fingerprint density at radius 3 is 2.17 bits per heavy atom. The van der Waals surface area contributed by atoms with Crippen LogP contribution in [-0.4, -0.2) is 26.2 Å². The summed E-state index contributed by atoms with van der Waals surface area (Å²) in [6.07, 6.45) is 0. The topological polar surface area (TPSA) is 64.6 Å². The van der Waals surface area contributed by atoms with Crippen molar-refractivity contribution in [1.29, 1.82) is 0 Å². The molecule has 0 bridgehead atoms. The molecule has 0 aromatic heterocycles. The van der Waals surface area contributed by atoms with E-state index < -0.39 is 17.8 Å². The second-order valence-electron chi connectivity index (χ2n) is 4.84. The molecule has 7 heteroatoms. The van der Waals surface area contributed by atoms with Gasteiger partial charge in [0.05, 0.1) is 25.3 Å². The summed E-state index contributed by atoms with van der Waals surface area (Å²) in [5.74, 6) is -1.66. The number of carbonyl (C=O) groups is 2. The molecule has 126 valence electrons. The van der Waals surface area contributed by atoms with E-state index in [0.29, 0.717) is 5.69 Å². The Kier molecular flexibility index (Phi) is 5.76. The van der Waals surface area contributed by atoms with Gasteiger partial charge in [0.2, 0.25) is 0 Å². The molecule has 0 spiro atoms. The van der Waals surface area contributed by atoms with Gasteiger partial charge in [-0.05, 0) is 30.3 Å². The lowest BCUT2D eigenvalue weighted by molar-refractivity contribution is 0.0599. The van der Waals surface area contributed by atoms with Crippen LogP contribution in [0.15, 0.2) is 36.4 Å². The molecule has 0 amide bonds. The number of carbonyl (C=O) groups excluding carboxylic acids is 2. The summed E-state index contributed by atoms with van der Waals surface area (Å²) < 4.78 is 23.1. The van der Waals surface area contributed by atoms with Gasteiger partial charge in [-0.3, -0.25) is 0 Å². The van der Waals surface area contributed by atoms with Crippen LogP contribution in [0.1, 0.15) is 26.3 Å². The van der Waals surface area contributed by atoms with Crippen molar-refractivity contribution in [3.63, 3.8) is 0 Å². The van der Waals surface area contributed by atoms with Gasteiger partial charge < -0.3 is 14.8 Å². The highest BCUT2D eigenvalue weighted by Crippen LogP contribution is 2.22. The van der Waals surface area contributed by atoms with Crippen LogP contribution in [0.2, 0.25) is 5.02 Å². The fourth-order valence-corrected chi connectivity index (χ4v) is 2.32. The summed E-state index contributed by atoms with van der Waals surface area (Å²) in [7, 11) is 2.47. The Balaban J connectivity index is 2.32. The van der Waals surface area contributed by atoms with Crippen LogP contribution in [0.25, 0.3) is 0 Å². The molecule has 2 aromatic carbocycles. The largest absolute Gasteiger partial charge is 0.465 e. The zero-order chi connectivity index (χ0) is 17.7. The Hall–Kier alpha value is -2.60. The third kappa shape index (κ3) is 4.02. The molecule has 0 radical (unpaired) electrons. The van der Waals surface area contributed by atoms with E-state index in [1.165, 1.54) is 44.6 Å². The monoisotopic (exact) mass is 351 g/mol. The molecule has 0 heterocycles. The quantitative estimate of drug-likeness (QED) is 0.833. The molecule has 0 aliphatic rings. The lowest BCUT2D eigenvalue weighted by Crippen LogP contribution is -2.09. The molecule has 0 saturated carbocycles. The molecule has 0 atom stereocenters. The lowest BCUT2D eigenvalue weighted by atomic mass is 10.1. The lowest BCUT2D eigenvalue weighted by Gasteiger charge is -2.12. The smallest absolute Gasteiger partial charge is 0.337 e. The van der Waals surface area contributed by atoms with Crippen LogP contribution in [0, 0.1) is 5.82 Å². The van der Waals surface area contributed by atoms with Crippen LogP contribution >= 0.6 is 11.6 Å². The molecule has 24 heavy (non-hydrogen) atoms. The van der Waals surface area contributed by atoms with Crippen molar-refractivity contribution >= 4 is 29.2 Å². The van der Waals surface area contributed by atoms with Crippen LogP contribution in [0.3, 0.4) is 0 Å². The molecule has 5 nitrogen and oxygen atoms in total. The van der Waals surface area contributed by atoms with Gasteiger partial charge in [-0.2, -0.15) is 0 Å². The number of anilines is 1. The number of halogens is 2. The second kappa shape index (κ2) is 7.79. The SMILES string of the molecule is COC(=O)c1cc(NCc2c(F)cccc2Cl)cc(C(=O)OC)c1. The van der Waals surface area contributed by atoms with Crippen LogP contribution in [-0.2, 0) is 16.0 Å². The number of hydrogen-bond donors (Lipinski definition) is 1. The average molecular weight is 352 g/mol. The number of hydrogen-bond acceptors (Lipinski definition) is 5. The molecular weight excluding hydrogens is 337 g/mol. The predicted molar refractivity (Wildman–Crippen MR) is 87.9 cm³/mol. The number of nitrogens with one attached hydrogen (secondary N) is 1. The van der Waals surface area contributed by atoms with Crippen LogP contribution < -0.4 is 5.32 Å². The first-order valence-corrected chi connectivity index (χ1v) is 7.32. The first-order valence-electron chi connectivity index (χ1n) is 6.94. The van der Waals surface area contributed by atoms with Gasteiger partial charge in [-0.15, -0.1) is 0 Å². The number of benzene rings is 2. The molecule has 2 rings (SSSR count). The summed E-state index contributed by atoms with van der Waals surface area (Å²) in [6.45, 7) is 0.0801. The van der Waals surface area contributed by atoms with E-state index in [-0.39, 0.29) is 28.3 Å². The number of rotatable bonds is 5. The van der Waals surface area contributed by atoms with Crippen molar-refractivity contribution in [2.24, 2.45) is 0 Å². The van der Waals surface area contributed by atoms with Crippen molar-refractivity contribution in [3.8, 4) is 0 Å². The number of ether oxygens (including phenoxy) is 2. The Bertz CT molecular complexity index is 725. The maximum absolute atomic E-state index is 13.8. The Morgan fingerprint density at radius 2 is 1.67 bits per heavy atom.